The van der Waals surface area contributed by atoms with Crippen LogP contribution in [0.1, 0.15) is 5.56 Å². The fraction of sp³-hybridized carbons (Fsp3) is 0.417. The van der Waals surface area contributed by atoms with Crippen molar-refractivity contribution in [1.29, 1.82) is 0 Å². The summed E-state index contributed by atoms with van der Waals surface area (Å²) in [5, 5.41) is 1.91. The molecule has 0 saturated carbocycles. The lowest BCUT2D eigenvalue weighted by Crippen LogP contribution is -2.43. The van der Waals surface area contributed by atoms with E-state index in [2.05, 4.69) is 0 Å². The minimum absolute atomic E-state index is 0.0173. The smallest absolute Gasteiger partial charge is 0.416 e. The number of benzene rings is 1. The Morgan fingerprint density at radius 2 is 1.71 bits per heavy atom. The Bertz CT molecular complexity index is 474. The topological polar surface area (TPSA) is 64.3 Å². The molecule has 0 spiro atoms. The van der Waals surface area contributed by atoms with Gasteiger partial charge in [0.25, 0.3) is 11.8 Å². The fourth-order valence-corrected chi connectivity index (χ4v) is 1.24. The van der Waals surface area contributed by atoms with Crippen molar-refractivity contribution in [2.24, 2.45) is 5.73 Å². The molecule has 3 N–H and O–H groups in total. The number of amides is 1. The highest BCUT2D eigenvalue weighted by Crippen LogP contribution is 2.30. The van der Waals surface area contributed by atoms with Crippen LogP contribution in [-0.4, -0.2) is 31.5 Å². The lowest BCUT2D eigenvalue weighted by Gasteiger charge is -2.14. The first-order chi connectivity index (χ1) is 9.64. The first-order valence-corrected chi connectivity index (χ1v) is 5.79. The molecule has 118 valence electrons. The maximum atomic E-state index is 12.7. The van der Waals surface area contributed by atoms with Gasteiger partial charge in [0.05, 0.1) is 18.7 Å². The van der Waals surface area contributed by atoms with Gasteiger partial charge < -0.3 is 15.8 Å². The molecule has 0 radical (unpaired) electrons. The summed E-state index contributed by atoms with van der Waals surface area (Å²) in [6, 6.07) is 3.64. The van der Waals surface area contributed by atoms with Gasteiger partial charge in [0, 0.05) is 0 Å². The molecule has 1 aromatic carbocycles. The van der Waals surface area contributed by atoms with Gasteiger partial charge in [0.1, 0.15) is 5.75 Å². The Hall–Kier alpha value is -1.90. The minimum atomic E-state index is -4.47. The zero-order valence-corrected chi connectivity index (χ0v) is 10.7. The molecular weight excluding hydrogens is 299 g/mol. The number of ether oxygens (including phenoxy) is 1. The monoisotopic (exact) mass is 312 g/mol. The van der Waals surface area contributed by atoms with Crippen LogP contribution in [0, 0.1) is 0 Å². The predicted molar refractivity (Wildman–Crippen MR) is 64.0 cm³/mol. The summed E-state index contributed by atoms with van der Waals surface area (Å²) in [6.07, 6.45) is -4.47. The van der Waals surface area contributed by atoms with E-state index >= 15 is 0 Å². The Balaban J connectivity index is 2.43. The van der Waals surface area contributed by atoms with Crippen LogP contribution in [0.4, 0.5) is 22.0 Å². The summed E-state index contributed by atoms with van der Waals surface area (Å²) in [4.78, 5) is 11.2. The van der Waals surface area contributed by atoms with E-state index in [9.17, 15) is 26.7 Å². The Morgan fingerprint density at radius 1 is 1.14 bits per heavy atom. The number of carbonyl (C=O) groups excluding carboxylic acids is 1. The molecule has 0 aromatic heterocycles. The van der Waals surface area contributed by atoms with Gasteiger partial charge in [0.2, 0.25) is 0 Å². The van der Waals surface area contributed by atoms with E-state index < -0.39 is 43.3 Å². The summed E-state index contributed by atoms with van der Waals surface area (Å²) in [6.45, 7) is -2.43. The lowest BCUT2D eigenvalue weighted by atomic mass is 10.2. The van der Waals surface area contributed by atoms with Crippen LogP contribution < -0.4 is 15.8 Å². The third-order valence-corrected chi connectivity index (χ3v) is 2.39. The molecule has 0 unspecified atom stereocenters. The van der Waals surface area contributed by atoms with E-state index in [1.54, 1.807) is 0 Å². The van der Waals surface area contributed by atoms with Crippen molar-refractivity contribution in [3.8, 4) is 5.75 Å². The molecule has 4 nitrogen and oxygen atoms in total. The SMILES string of the molecule is NCC(F)(F)CNC(=O)COc1ccc(C(F)(F)F)cc1. The second-order valence-electron chi connectivity index (χ2n) is 4.15. The normalized spacial score (nSPS) is 12.1. The van der Waals surface area contributed by atoms with E-state index in [0.717, 1.165) is 24.3 Å². The molecule has 0 bridgehead atoms. The highest BCUT2D eigenvalue weighted by Gasteiger charge is 2.30. The molecule has 0 aliphatic heterocycles. The minimum Gasteiger partial charge on any atom is -0.484 e. The average Bonchev–Trinajstić information content (AvgIpc) is 2.42. The second-order valence-corrected chi connectivity index (χ2v) is 4.15. The number of hydrogen-bond donors (Lipinski definition) is 2. The van der Waals surface area contributed by atoms with Crippen molar-refractivity contribution in [2.45, 2.75) is 12.1 Å². The number of nitrogens with one attached hydrogen (secondary N) is 1. The molecule has 0 fully saturated rings. The van der Waals surface area contributed by atoms with Crippen LogP contribution in [0.15, 0.2) is 24.3 Å². The number of rotatable bonds is 6. The summed E-state index contributed by atoms with van der Waals surface area (Å²) in [7, 11) is 0. The van der Waals surface area contributed by atoms with Gasteiger partial charge in [-0.05, 0) is 24.3 Å². The van der Waals surface area contributed by atoms with Gasteiger partial charge in [-0.1, -0.05) is 0 Å². The van der Waals surface area contributed by atoms with E-state index in [1.165, 1.54) is 0 Å². The standard InChI is InChI=1S/C12H13F5N2O2/c13-11(14,6-18)7-19-10(20)5-21-9-3-1-8(2-4-9)12(15,16)17/h1-4H,5-7,18H2,(H,19,20). The number of halogens is 5. The average molecular weight is 312 g/mol. The van der Waals surface area contributed by atoms with Gasteiger partial charge in [0.15, 0.2) is 6.61 Å². The van der Waals surface area contributed by atoms with Crippen LogP contribution >= 0.6 is 0 Å². The molecule has 1 rings (SSSR count). The number of hydrogen-bond acceptors (Lipinski definition) is 3. The lowest BCUT2D eigenvalue weighted by molar-refractivity contribution is -0.137. The van der Waals surface area contributed by atoms with Crippen LogP contribution in [0.3, 0.4) is 0 Å². The molecule has 0 aliphatic rings. The third kappa shape index (κ3) is 5.94. The first kappa shape index (κ1) is 17.2. The van der Waals surface area contributed by atoms with Crippen molar-refractivity contribution in [1.82, 2.24) is 5.32 Å². The Labute approximate surface area is 117 Å². The zero-order chi connectivity index (χ0) is 16.1. The summed E-state index contributed by atoms with van der Waals surface area (Å²) in [5.41, 5.74) is 3.92. The maximum absolute atomic E-state index is 12.7. The van der Waals surface area contributed by atoms with Crippen molar-refractivity contribution < 1.29 is 31.5 Å². The van der Waals surface area contributed by atoms with Gasteiger partial charge in [-0.3, -0.25) is 4.79 Å². The fourth-order valence-electron chi connectivity index (χ4n) is 1.24. The molecule has 21 heavy (non-hydrogen) atoms. The summed E-state index contributed by atoms with van der Waals surface area (Å²) < 4.78 is 67.2. The summed E-state index contributed by atoms with van der Waals surface area (Å²) >= 11 is 0. The third-order valence-electron chi connectivity index (χ3n) is 2.39. The maximum Gasteiger partial charge on any atom is 0.416 e. The van der Waals surface area contributed by atoms with E-state index in [1.807, 2.05) is 5.32 Å². The van der Waals surface area contributed by atoms with Crippen molar-refractivity contribution in [3.63, 3.8) is 0 Å². The van der Waals surface area contributed by atoms with Crippen molar-refractivity contribution in [3.05, 3.63) is 29.8 Å². The molecule has 0 atom stereocenters. The quantitative estimate of drug-likeness (QED) is 0.787. The number of nitrogens with two attached hydrogens (primary N) is 1. The van der Waals surface area contributed by atoms with Gasteiger partial charge in [-0.15, -0.1) is 0 Å². The molecule has 1 amide bonds. The number of alkyl halides is 5. The van der Waals surface area contributed by atoms with Crippen molar-refractivity contribution >= 4 is 5.91 Å². The van der Waals surface area contributed by atoms with Gasteiger partial charge in [-0.2, -0.15) is 13.2 Å². The molecule has 0 saturated heterocycles. The first-order valence-electron chi connectivity index (χ1n) is 5.79. The number of carbonyl (C=O) groups is 1. The predicted octanol–water partition coefficient (Wildman–Crippen LogP) is 1.79. The van der Waals surface area contributed by atoms with Crippen LogP contribution in [0.25, 0.3) is 0 Å². The second kappa shape index (κ2) is 6.70. The molecule has 0 aliphatic carbocycles. The van der Waals surface area contributed by atoms with Crippen molar-refractivity contribution in [2.75, 3.05) is 19.7 Å². The molecule has 1 aromatic rings. The Kier molecular flexibility index (Phi) is 5.47. The Morgan fingerprint density at radius 3 is 2.19 bits per heavy atom. The largest absolute Gasteiger partial charge is 0.484 e. The van der Waals surface area contributed by atoms with E-state index in [4.69, 9.17) is 10.5 Å². The highest BCUT2D eigenvalue weighted by molar-refractivity contribution is 5.77. The van der Waals surface area contributed by atoms with E-state index in [0.29, 0.717) is 0 Å². The molecule has 9 heteroatoms. The highest BCUT2D eigenvalue weighted by atomic mass is 19.4. The van der Waals surface area contributed by atoms with E-state index in [-0.39, 0.29) is 5.75 Å². The molecule has 0 heterocycles. The van der Waals surface area contributed by atoms with Crippen LogP contribution in [0.5, 0.6) is 5.75 Å². The zero-order valence-electron chi connectivity index (χ0n) is 10.7. The summed E-state index contributed by atoms with van der Waals surface area (Å²) in [5.74, 6) is -4.03. The van der Waals surface area contributed by atoms with Crippen LogP contribution in [-0.2, 0) is 11.0 Å². The van der Waals surface area contributed by atoms with Gasteiger partial charge in [-0.25, -0.2) is 8.78 Å². The van der Waals surface area contributed by atoms with Gasteiger partial charge >= 0.3 is 6.18 Å². The van der Waals surface area contributed by atoms with Crippen LogP contribution in [0.2, 0.25) is 0 Å². The molecular formula is C12H13F5N2O2.